The van der Waals surface area contributed by atoms with E-state index >= 15 is 0 Å². The maximum absolute atomic E-state index is 11.2. The minimum atomic E-state index is -3.28. The third-order valence-electron chi connectivity index (χ3n) is 3.62. The molecule has 0 aliphatic rings. The third kappa shape index (κ3) is 5.48. The number of benzene rings is 1. The first-order valence-corrected chi connectivity index (χ1v) is 10.4. The zero-order valence-electron chi connectivity index (χ0n) is 15.3. The van der Waals surface area contributed by atoms with Gasteiger partial charge in [0.15, 0.2) is 5.11 Å². The van der Waals surface area contributed by atoms with Crippen LogP contribution in [0.3, 0.4) is 0 Å². The average molecular weight is 397 g/mol. The fourth-order valence-corrected chi connectivity index (χ4v) is 3.00. The molecule has 0 saturated heterocycles. The second kappa shape index (κ2) is 8.11. The highest BCUT2D eigenvalue weighted by molar-refractivity contribution is 7.88. The van der Waals surface area contributed by atoms with Crippen LogP contribution in [0.2, 0.25) is 0 Å². The van der Waals surface area contributed by atoms with Gasteiger partial charge in [0.05, 0.1) is 30.4 Å². The summed E-state index contributed by atoms with van der Waals surface area (Å²) < 4.78 is 26.4. The number of aromatic nitrogens is 3. The van der Waals surface area contributed by atoms with E-state index in [9.17, 15) is 8.42 Å². The van der Waals surface area contributed by atoms with E-state index in [2.05, 4.69) is 28.9 Å². The van der Waals surface area contributed by atoms with E-state index in [1.807, 2.05) is 30.0 Å². The average Bonchev–Trinajstić information content (AvgIpc) is 2.99. The van der Waals surface area contributed by atoms with Gasteiger partial charge in [-0.15, -0.1) is 5.10 Å². The van der Waals surface area contributed by atoms with Crippen LogP contribution < -0.4 is 15.4 Å². The highest BCUT2D eigenvalue weighted by Crippen LogP contribution is 2.24. The van der Waals surface area contributed by atoms with Gasteiger partial charge >= 0.3 is 0 Å². The van der Waals surface area contributed by atoms with Gasteiger partial charge in [-0.2, -0.15) is 0 Å². The molecule has 1 aromatic heterocycles. The van der Waals surface area contributed by atoms with Gasteiger partial charge in [-0.1, -0.05) is 25.1 Å². The first-order chi connectivity index (χ1) is 12.1. The molecule has 2 aromatic rings. The van der Waals surface area contributed by atoms with E-state index in [-0.39, 0.29) is 6.54 Å². The van der Waals surface area contributed by atoms with E-state index in [4.69, 9.17) is 18.0 Å². The van der Waals surface area contributed by atoms with Gasteiger partial charge in [0.2, 0.25) is 10.0 Å². The maximum Gasteiger partial charge on any atom is 0.209 e. The maximum atomic E-state index is 11.2. The van der Waals surface area contributed by atoms with Crippen molar-refractivity contribution in [2.75, 3.05) is 17.7 Å². The molecule has 0 radical (unpaired) electrons. The van der Waals surface area contributed by atoms with Gasteiger partial charge in [-0.3, -0.25) is 0 Å². The molecule has 2 rings (SSSR count). The SMILES string of the molecule is Cc1ccc(-n2cc(CNS(C)(=O)=O)nn2)cc1N(CC(C)C)C(N)=S. The van der Waals surface area contributed by atoms with Crippen molar-refractivity contribution in [1.82, 2.24) is 19.7 Å². The highest BCUT2D eigenvalue weighted by atomic mass is 32.2. The van der Waals surface area contributed by atoms with Crippen LogP contribution in [-0.4, -0.2) is 41.3 Å². The molecule has 10 heteroatoms. The Hall–Kier alpha value is -2.04. The van der Waals surface area contributed by atoms with Crippen molar-refractivity contribution < 1.29 is 8.42 Å². The Kier molecular flexibility index (Phi) is 6.32. The minimum Gasteiger partial charge on any atom is -0.376 e. The second-order valence-corrected chi connectivity index (χ2v) is 8.81. The molecule has 142 valence electrons. The topological polar surface area (TPSA) is 106 Å². The second-order valence-electron chi connectivity index (χ2n) is 6.56. The summed E-state index contributed by atoms with van der Waals surface area (Å²) in [7, 11) is -3.28. The van der Waals surface area contributed by atoms with Crippen molar-refractivity contribution in [3.8, 4) is 5.69 Å². The van der Waals surface area contributed by atoms with Crippen LogP contribution in [0.5, 0.6) is 0 Å². The molecule has 26 heavy (non-hydrogen) atoms. The lowest BCUT2D eigenvalue weighted by Gasteiger charge is -2.27. The van der Waals surface area contributed by atoms with E-state index in [1.165, 1.54) is 0 Å². The summed E-state index contributed by atoms with van der Waals surface area (Å²) in [6.45, 7) is 6.99. The van der Waals surface area contributed by atoms with Gasteiger partial charge in [-0.25, -0.2) is 17.8 Å². The van der Waals surface area contributed by atoms with E-state index in [0.29, 0.717) is 23.3 Å². The van der Waals surface area contributed by atoms with E-state index in [1.54, 1.807) is 10.9 Å². The van der Waals surface area contributed by atoms with E-state index < -0.39 is 10.0 Å². The molecule has 1 heterocycles. The van der Waals surface area contributed by atoms with E-state index in [0.717, 1.165) is 23.2 Å². The number of nitrogens with one attached hydrogen (secondary N) is 1. The lowest BCUT2D eigenvalue weighted by molar-refractivity contribution is 0.586. The normalized spacial score (nSPS) is 11.7. The summed E-state index contributed by atoms with van der Waals surface area (Å²) >= 11 is 5.21. The molecule has 0 atom stereocenters. The number of nitrogens with zero attached hydrogens (tertiary/aromatic N) is 4. The standard InChI is InChI=1S/C16H24N6O2S2/c1-11(2)9-21(16(17)25)15-7-14(6-5-12(15)3)22-10-13(19-20-22)8-18-26(4,23)24/h5-7,10-11,18H,8-9H2,1-4H3,(H2,17,25). The summed E-state index contributed by atoms with van der Waals surface area (Å²) in [5.74, 6) is 0.389. The number of sulfonamides is 1. The predicted molar refractivity (Wildman–Crippen MR) is 107 cm³/mol. The third-order valence-corrected chi connectivity index (χ3v) is 4.51. The molecule has 0 fully saturated rings. The van der Waals surface area contributed by atoms with Crippen LogP contribution in [0, 0.1) is 12.8 Å². The van der Waals surface area contributed by atoms with Crippen LogP contribution in [0.25, 0.3) is 5.69 Å². The molecular formula is C16H24N6O2S2. The Morgan fingerprint density at radius 1 is 1.42 bits per heavy atom. The van der Waals surface area contributed by atoms with Crippen molar-refractivity contribution in [2.45, 2.75) is 27.3 Å². The Morgan fingerprint density at radius 3 is 2.69 bits per heavy atom. The first-order valence-electron chi connectivity index (χ1n) is 8.10. The monoisotopic (exact) mass is 396 g/mol. The summed E-state index contributed by atoms with van der Waals surface area (Å²) in [5, 5.41) is 8.39. The molecule has 0 aliphatic heterocycles. The number of hydrogen-bond acceptors (Lipinski definition) is 5. The Bertz CT molecular complexity index is 892. The fourth-order valence-electron chi connectivity index (χ4n) is 2.41. The van der Waals surface area contributed by atoms with Crippen molar-refractivity contribution in [1.29, 1.82) is 0 Å². The van der Waals surface area contributed by atoms with Crippen LogP contribution in [0.4, 0.5) is 5.69 Å². The van der Waals surface area contributed by atoms with Crippen LogP contribution in [-0.2, 0) is 16.6 Å². The molecule has 8 nitrogen and oxygen atoms in total. The molecule has 0 bridgehead atoms. The number of anilines is 1. The smallest absolute Gasteiger partial charge is 0.209 e. The Labute approximate surface area is 159 Å². The summed E-state index contributed by atoms with van der Waals surface area (Å²) in [4.78, 5) is 1.90. The van der Waals surface area contributed by atoms with Gasteiger partial charge in [0.25, 0.3) is 0 Å². The van der Waals surface area contributed by atoms with Crippen molar-refractivity contribution in [3.63, 3.8) is 0 Å². The molecule has 0 saturated carbocycles. The zero-order chi connectivity index (χ0) is 19.5. The van der Waals surface area contributed by atoms with Gasteiger partial charge in [0.1, 0.15) is 0 Å². The number of aryl methyl sites for hydroxylation is 1. The van der Waals surface area contributed by atoms with Crippen LogP contribution >= 0.6 is 12.2 Å². The molecular weight excluding hydrogens is 372 g/mol. The van der Waals surface area contributed by atoms with Gasteiger partial charge in [-0.05, 0) is 42.8 Å². The quantitative estimate of drug-likeness (QED) is 0.680. The first kappa shape index (κ1) is 20.3. The van der Waals surface area contributed by atoms with Crippen molar-refractivity contribution >= 4 is 33.0 Å². The molecule has 0 spiro atoms. The molecule has 0 amide bonds. The lowest BCUT2D eigenvalue weighted by Crippen LogP contribution is -2.38. The predicted octanol–water partition coefficient (Wildman–Crippen LogP) is 1.33. The summed E-state index contributed by atoms with van der Waals surface area (Å²) in [6, 6.07) is 5.82. The largest absolute Gasteiger partial charge is 0.376 e. The number of hydrogen-bond donors (Lipinski definition) is 2. The highest BCUT2D eigenvalue weighted by Gasteiger charge is 2.15. The summed E-state index contributed by atoms with van der Waals surface area (Å²) in [5.41, 5.74) is 9.18. The summed E-state index contributed by atoms with van der Waals surface area (Å²) in [6.07, 6.45) is 2.78. The number of thiocarbonyl (C=S) groups is 1. The fraction of sp³-hybridized carbons (Fsp3) is 0.438. The van der Waals surface area contributed by atoms with Gasteiger partial charge < -0.3 is 10.6 Å². The lowest BCUT2D eigenvalue weighted by atomic mass is 10.1. The van der Waals surface area contributed by atoms with Gasteiger partial charge in [0, 0.05) is 12.2 Å². The molecule has 0 unspecified atom stereocenters. The van der Waals surface area contributed by atoms with Crippen molar-refractivity contribution in [2.24, 2.45) is 11.7 Å². The number of rotatable bonds is 7. The molecule has 1 aromatic carbocycles. The minimum absolute atomic E-state index is 0.0872. The van der Waals surface area contributed by atoms with Crippen LogP contribution in [0.15, 0.2) is 24.4 Å². The molecule has 3 N–H and O–H groups in total. The van der Waals surface area contributed by atoms with Crippen LogP contribution in [0.1, 0.15) is 25.1 Å². The van der Waals surface area contributed by atoms with Crippen molar-refractivity contribution in [3.05, 3.63) is 35.7 Å². The molecule has 0 aliphatic carbocycles. The Balaban J connectivity index is 2.31. The zero-order valence-corrected chi connectivity index (χ0v) is 16.9. The number of nitrogens with two attached hydrogens (primary N) is 1. The Morgan fingerprint density at radius 2 is 2.12 bits per heavy atom.